The van der Waals surface area contributed by atoms with Crippen molar-refractivity contribution in [3.05, 3.63) is 82.8 Å². The van der Waals surface area contributed by atoms with E-state index in [4.69, 9.17) is 42.6 Å². The van der Waals surface area contributed by atoms with Crippen molar-refractivity contribution in [3.63, 3.8) is 0 Å². The van der Waals surface area contributed by atoms with Gasteiger partial charge in [-0.2, -0.15) is 0 Å². The molecule has 2 aromatic heterocycles. The lowest BCUT2D eigenvalue weighted by Gasteiger charge is -2.17. The van der Waals surface area contributed by atoms with E-state index >= 15 is 0 Å². The van der Waals surface area contributed by atoms with Crippen LogP contribution in [0.5, 0.6) is 11.5 Å². The van der Waals surface area contributed by atoms with Crippen LogP contribution >= 0.6 is 23.2 Å². The highest BCUT2D eigenvalue weighted by molar-refractivity contribution is 6.32. The van der Waals surface area contributed by atoms with Gasteiger partial charge in [-0.1, -0.05) is 36.0 Å². The quantitative estimate of drug-likeness (QED) is 0.0777. The van der Waals surface area contributed by atoms with Crippen molar-refractivity contribution in [2.45, 2.75) is 38.5 Å². The van der Waals surface area contributed by atoms with Gasteiger partial charge in [-0.3, -0.25) is 0 Å². The largest absolute Gasteiger partial charge is 0.497 e. The maximum atomic E-state index is 6.29. The molecule has 0 aliphatic heterocycles. The third-order valence-corrected chi connectivity index (χ3v) is 9.39. The molecule has 0 aliphatic carbocycles. The number of unbranched alkanes of at least 4 members (excludes halogenated alkanes) is 4. The minimum atomic E-state index is 0.689. The number of methoxy groups -OCH3 is 2. The van der Waals surface area contributed by atoms with Crippen LogP contribution in [0.3, 0.4) is 0 Å². The Morgan fingerprint density at radius 3 is 1.44 bits per heavy atom. The van der Waals surface area contributed by atoms with Crippen LogP contribution in [-0.2, 0) is 0 Å². The monoisotopic (exact) mass is 683 g/mol. The molecule has 0 radical (unpaired) electrons. The molecule has 2 N–H and O–H groups in total. The summed E-state index contributed by atoms with van der Waals surface area (Å²) in [5.74, 6) is 1.64. The molecule has 0 atom stereocenters. The number of anilines is 2. The van der Waals surface area contributed by atoms with E-state index < -0.39 is 0 Å². The molecule has 4 aromatic carbocycles. The van der Waals surface area contributed by atoms with Crippen molar-refractivity contribution >= 4 is 78.2 Å². The highest BCUT2D eigenvalue weighted by atomic mass is 35.5. The Hall–Kier alpha value is -4.04. The molecular weight excluding hydrogens is 641 g/mol. The first-order chi connectivity index (χ1) is 23.4. The SMILES string of the molecule is COc1ccc2nc3cc(Cl)ccc3c(NCCCCCN(C)CCCCCNc3c4ccc(Cl)cc4nc4ccc(OC)cc34)c2c1. The fraction of sp³-hybridized carbons (Fsp3) is 0.333. The van der Waals surface area contributed by atoms with E-state index in [2.05, 4.69) is 34.7 Å². The second kappa shape index (κ2) is 15.9. The highest BCUT2D eigenvalue weighted by Crippen LogP contribution is 2.35. The molecule has 0 fully saturated rings. The number of hydrogen-bond donors (Lipinski definition) is 2. The van der Waals surface area contributed by atoms with Crippen LogP contribution in [-0.4, -0.2) is 62.3 Å². The van der Waals surface area contributed by atoms with E-state index in [1.807, 2.05) is 60.7 Å². The van der Waals surface area contributed by atoms with Crippen LogP contribution < -0.4 is 20.1 Å². The highest BCUT2D eigenvalue weighted by Gasteiger charge is 2.12. The molecule has 0 spiro atoms. The molecule has 0 unspecified atom stereocenters. The molecule has 48 heavy (non-hydrogen) atoms. The normalized spacial score (nSPS) is 11.6. The van der Waals surface area contributed by atoms with Crippen molar-refractivity contribution in [2.75, 3.05) is 58.1 Å². The van der Waals surface area contributed by atoms with Crippen LogP contribution in [0.2, 0.25) is 10.0 Å². The van der Waals surface area contributed by atoms with E-state index in [9.17, 15) is 0 Å². The molecule has 9 heteroatoms. The minimum absolute atomic E-state index is 0.689. The Labute approximate surface area is 292 Å². The molecule has 2 heterocycles. The zero-order chi connectivity index (χ0) is 33.5. The fourth-order valence-electron chi connectivity index (χ4n) is 6.33. The average molecular weight is 685 g/mol. The summed E-state index contributed by atoms with van der Waals surface area (Å²) in [5.41, 5.74) is 5.82. The lowest BCUT2D eigenvalue weighted by molar-refractivity contribution is 0.317. The van der Waals surface area contributed by atoms with Gasteiger partial charge in [0, 0.05) is 44.7 Å². The number of fused-ring (bicyclic) bond motifs is 4. The molecule has 0 amide bonds. The number of ether oxygens (including phenoxy) is 2. The van der Waals surface area contributed by atoms with Crippen molar-refractivity contribution in [2.24, 2.45) is 0 Å². The van der Waals surface area contributed by atoms with Crippen LogP contribution in [0.1, 0.15) is 38.5 Å². The Morgan fingerprint density at radius 1 is 0.542 bits per heavy atom. The molecule has 0 saturated heterocycles. The predicted molar refractivity (Wildman–Crippen MR) is 204 cm³/mol. The first kappa shape index (κ1) is 33.8. The summed E-state index contributed by atoms with van der Waals surface area (Å²) in [4.78, 5) is 12.1. The molecule has 250 valence electrons. The summed E-state index contributed by atoms with van der Waals surface area (Å²) in [6, 6.07) is 23.8. The zero-order valence-corrected chi connectivity index (χ0v) is 29.4. The van der Waals surface area contributed by atoms with Gasteiger partial charge in [0.1, 0.15) is 11.5 Å². The number of nitrogens with one attached hydrogen (secondary N) is 2. The average Bonchev–Trinajstić information content (AvgIpc) is 3.09. The lowest BCUT2D eigenvalue weighted by atomic mass is 10.1. The maximum Gasteiger partial charge on any atom is 0.119 e. The Kier molecular flexibility index (Phi) is 11.2. The summed E-state index contributed by atoms with van der Waals surface area (Å²) in [7, 11) is 5.62. The number of hydrogen-bond acceptors (Lipinski definition) is 7. The minimum Gasteiger partial charge on any atom is -0.497 e. The van der Waals surface area contributed by atoms with Crippen LogP contribution in [0.4, 0.5) is 11.4 Å². The smallest absolute Gasteiger partial charge is 0.119 e. The second-order valence-electron chi connectivity index (χ2n) is 12.3. The van der Waals surface area contributed by atoms with Gasteiger partial charge in [-0.15, -0.1) is 0 Å². The number of nitrogens with zero attached hydrogens (tertiary/aromatic N) is 3. The molecule has 0 bridgehead atoms. The third kappa shape index (κ3) is 7.97. The van der Waals surface area contributed by atoms with Gasteiger partial charge in [0.05, 0.1) is 47.7 Å². The van der Waals surface area contributed by atoms with Gasteiger partial charge in [-0.25, -0.2) is 9.97 Å². The first-order valence-electron chi connectivity index (χ1n) is 16.7. The number of rotatable bonds is 16. The molecule has 6 aromatic rings. The van der Waals surface area contributed by atoms with Crippen molar-refractivity contribution in [1.82, 2.24) is 14.9 Å². The zero-order valence-electron chi connectivity index (χ0n) is 27.9. The second-order valence-corrected chi connectivity index (χ2v) is 13.2. The first-order valence-corrected chi connectivity index (χ1v) is 17.5. The predicted octanol–water partition coefficient (Wildman–Crippen LogP) is 10.2. The number of pyridine rings is 2. The van der Waals surface area contributed by atoms with Gasteiger partial charge < -0.3 is 25.0 Å². The summed E-state index contributed by atoms with van der Waals surface area (Å²) >= 11 is 12.6. The van der Waals surface area contributed by atoms with Gasteiger partial charge >= 0.3 is 0 Å². The Balaban J connectivity index is 0.935. The van der Waals surface area contributed by atoms with Crippen molar-refractivity contribution < 1.29 is 9.47 Å². The van der Waals surface area contributed by atoms with Gasteiger partial charge in [-0.05, 0) is 119 Å². The van der Waals surface area contributed by atoms with Gasteiger partial charge in [0.15, 0.2) is 0 Å². The van der Waals surface area contributed by atoms with E-state index in [1.54, 1.807) is 14.2 Å². The number of benzene rings is 4. The molecule has 6 rings (SSSR count). The Morgan fingerprint density at radius 2 is 1.00 bits per heavy atom. The summed E-state index contributed by atoms with van der Waals surface area (Å²) in [6.45, 7) is 4.00. The Bertz CT molecular complexity index is 1890. The van der Waals surface area contributed by atoms with Gasteiger partial charge in [0.2, 0.25) is 0 Å². The van der Waals surface area contributed by atoms with E-state index in [0.29, 0.717) is 10.0 Å². The van der Waals surface area contributed by atoms with E-state index in [0.717, 1.165) is 106 Å². The summed E-state index contributed by atoms with van der Waals surface area (Å²) < 4.78 is 11.0. The van der Waals surface area contributed by atoms with Crippen LogP contribution in [0, 0.1) is 0 Å². The number of halogens is 2. The fourth-order valence-corrected chi connectivity index (χ4v) is 6.67. The van der Waals surface area contributed by atoms with Gasteiger partial charge in [0.25, 0.3) is 0 Å². The third-order valence-electron chi connectivity index (χ3n) is 8.92. The molecule has 0 saturated carbocycles. The molecule has 0 aliphatic rings. The molecular formula is C39H43Cl2N5O2. The summed E-state index contributed by atoms with van der Waals surface area (Å²) in [6.07, 6.45) is 6.88. The number of aromatic nitrogens is 2. The van der Waals surface area contributed by atoms with E-state index in [-0.39, 0.29) is 0 Å². The van der Waals surface area contributed by atoms with E-state index in [1.165, 1.54) is 25.7 Å². The summed E-state index contributed by atoms with van der Waals surface area (Å²) in [5, 5.41) is 13.1. The maximum absolute atomic E-state index is 6.29. The molecule has 7 nitrogen and oxygen atoms in total. The topological polar surface area (TPSA) is 71.5 Å². The van der Waals surface area contributed by atoms with Crippen LogP contribution in [0.15, 0.2) is 72.8 Å². The van der Waals surface area contributed by atoms with Crippen molar-refractivity contribution in [1.29, 1.82) is 0 Å². The van der Waals surface area contributed by atoms with Crippen molar-refractivity contribution in [3.8, 4) is 11.5 Å². The van der Waals surface area contributed by atoms with Crippen LogP contribution in [0.25, 0.3) is 43.6 Å². The standard InChI is InChI=1S/C39H43Cl2N5O2/c1-46(20-8-4-6-18-42-38-30-14-10-26(40)22-36(30)44-34-16-12-28(47-2)24-32(34)38)21-9-5-7-19-43-39-31-15-11-27(41)23-37(31)45-35-17-13-29(48-3)25-33(35)39/h10-17,22-25H,4-9,18-21H2,1-3H3,(H,42,44)(H,43,45). The lowest BCUT2D eigenvalue weighted by Crippen LogP contribution is -2.21.